The normalized spacial score (nSPS) is 21.3. The number of hydrogen-bond donors (Lipinski definition) is 2. The Morgan fingerprint density at radius 1 is 1.37 bits per heavy atom. The number of amides is 2. The summed E-state index contributed by atoms with van der Waals surface area (Å²) in [6, 6.07) is 4.00. The molecule has 0 saturated carbocycles. The Morgan fingerprint density at radius 2 is 2.11 bits per heavy atom. The van der Waals surface area contributed by atoms with E-state index in [1.54, 1.807) is 24.9 Å². The molecule has 4 rings (SSSR count). The minimum Gasteiger partial charge on any atom is -0.465 e. The molecule has 138 valence electrons. The number of hydrogen-bond acceptors (Lipinski definition) is 6. The first-order valence-electron chi connectivity index (χ1n) is 8.34. The topological polar surface area (TPSA) is 132 Å². The van der Waals surface area contributed by atoms with Crippen molar-refractivity contribution in [1.82, 2.24) is 14.5 Å². The molecule has 2 aromatic heterocycles. The molecule has 1 saturated heterocycles. The molecule has 4 heterocycles. The zero-order valence-corrected chi connectivity index (χ0v) is 14.6. The van der Waals surface area contributed by atoms with Crippen molar-refractivity contribution in [1.29, 1.82) is 5.26 Å². The minimum atomic E-state index is -1.10. The Labute approximate surface area is 153 Å². The van der Waals surface area contributed by atoms with Gasteiger partial charge in [-0.15, -0.1) is 0 Å². The largest absolute Gasteiger partial charge is 0.465 e. The Morgan fingerprint density at radius 3 is 2.78 bits per heavy atom. The lowest BCUT2D eigenvalue weighted by atomic mass is 10.0. The predicted molar refractivity (Wildman–Crippen MR) is 95.7 cm³/mol. The van der Waals surface area contributed by atoms with Crippen LogP contribution in [-0.2, 0) is 11.8 Å². The monoisotopic (exact) mass is 368 g/mol. The van der Waals surface area contributed by atoms with E-state index in [0.717, 1.165) is 0 Å². The summed E-state index contributed by atoms with van der Waals surface area (Å²) >= 11 is 0. The number of rotatable bonds is 0. The molecule has 0 spiro atoms. The van der Waals surface area contributed by atoms with E-state index in [0.29, 0.717) is 16.7 Å². The molecular weight excluding hydrogens is 352 g/mol. The highest BCUT2D eigenvalue weighted by Gasteiger charge is 2.43. The van der Waals surface area contributed by atoms with Crippen molar-refractivity contribution in [3.05, 3.63) is 28.2 Å². The molecule has 2 N–H and O–H groups in total. The van der Waals surface area contributed by atoms with Gasteiger partial charge in [-0.05, 0) is 19.1 Å². The Balaban J connectivity index is 1.99. The SMILES string of the molecule is C[C@@H]1CN2c3c(c(=O)n(C)c4ccc(C#N)nc34)NC(=O)[C@H]2CN1C(=O)O. The molecule has 10 heteroatoms. The van der Waals surface area contributed by atoms with Gasteiger partial charge in [0.05, 0.1) is 17.7 Å². The van der Waals surface area contributed by atoms with Crippen LogP contribution in [0.15, 0.2) is 16.9 Å². The van der Waals surface area contributed by atoms with E-state index >= 15 is 0 Å². The highest BCUT2D eigenvalue weighted by Crippen LogP contribution is 2.37. The van der Waals surface area contributed by atoms with Gasteiger partial charge in [0.25, 0.3) is 5.56 Å². The van der Waals surface area contributed by atoms with Gasteiger partial charge in [0, 0.05) is 19.6 Å². The predicted octanol–water partition coefficient (Wildman–Crippen LogP) is 0.314. The molecule has 0 radical (unpaired) electrons. The van der Waals surface area contributed by atoms with Crippen molar-refractivity contribution in [3.63, 3.8) is 0 Å². The number of aryl methyl sites for hydroxylation is 1. The second kappa shape index (κ2) is 5.70. The van der Waals surface area contributed by atoms with Gasteiger partial charge in [-0.3, -0.25) is 9.59 Å². The van der Waals surface area contributed by atoms with Gasteiger partial charge in [0.2, 0.25) is 5.91 Å². The summed E-state index contributed by atoms with van der Waals surface area (Å²) in [6.45, 7) is 1.96. The van der Waals surface area contributed by atoms with Crippen LogP contribution in [0.4, 0.5) is 16.2 Å². The van der Waals surface area contributed by atoms with E-state index in [-0.39, 0.29) is 36.1 Å². The number of fused-ring (bicyclic) bond motifs is 5. The first-order chi connectivity index (χ1) is 12.8. The van der Waals surface area contributed by atoms with Gasteiger partial charge in [-0.2, -0.15) is 5.26 Å². The molecule has 27 heavy (non-hydrogen) atoms. The zero-order valence-electron chi connectivity index (χ0n) is 14.6. The van der Waals surface area contributed by atoms with Crippen LogP contribution in [0.25, 0.3) is 11.0 Å². The number of piperazine rings is 1. The summed E-state index contributed by atoms with van der Waals surface area (Å²) in [5, 5.41) is 21.2. The van der Waals surface area contributed by atoms with E-state index in [1.807, 2.05) is 6.07 Å². The van der Waals surface area contributed by atoms with Crippen LogP contribution >= 0.6 is 0 Å². The molecule has 2 atom stereocenters. The number of aromatic nitrogens is 2. The van der Waals surface area contributed by atoms with Crippen LogP contribution in [0, 0.1) is 11.3 Å². The van der Waals surface area contributed by atoms with E-state index in [1.165, 1.54) is 15.5 Å². The quantitative estimate of drug-likeness (QED) is 0.684. The lowest BCUT2D eigenvalue weighted by molar-refractivity contribution is -0.118. The molecule has 0 aromatic carbocycles. The van der Waals surface area contributed by atoms with Gasteiger partial charge in [-0.25, -0.2) is 9.78 Å². The second-order valence-corrected chi connectivity index (χ2v) is 6.71. The summed E-state index contributed by atoms with van der Waals surface area (Å²) in [6.07, 6.45) is -1.10. The van der Waals surface area contributed by atoms with E-state index < -0.39 is 18.0 Å². The summed E-state index contributed by atoms with van der Waals surface area (Å²) < 4.78 is 1.37. The van der Waals surface area contributed by atoms with Crippen molar-refractivity contribution in [2.24, 2.45) is 7.05 Å². The first-order valence-corrected chi connectivity index (χ1v) is 8.34. The number of carboxylic acid groups (broad SMARTS) is 1. The molecule has 2 aromatic rings. The average Bonchev–Trinajstić information content (AvgIpc) is 2.64. The van der Waals surface area contributed by atoms with Crippen LogP contribution in [0.1, 0.15) is 12.6 Å². The highest BCUT2D eigenvalue weighted by atomic mass is 16.4. The van der Waals surface area contributed by atoms with Crippen molar-refractivity contribution in [2.45, 2.75) is 19.0 Å². The van der Waals surface area contributed by atoms with E-state index in [4.69, 9.17) is 0 Å². The third-order valence-electron chi connectivity index (χ3n) is 5.15. The van der Waals surface area contributed by atoms with Crippen molar-refractivity contribution in [2.75, 3.05) is 23.3 Å². The molecule has 1 fully saturated rings. The van der Waals surface area contributed by atoms with Crippen LogP contribution in [-0.4, -0.2) is 56.7 Å². The summed E-state index contributed by atoms with van der Waals surface area (Å²) in [4.78, 5) is 44.1. The number of nitrogens with zero attached hydrogens (tertiary/aromatic N) is 5. The Hall–Kier alpha value is -3.61. The number of carbonyl (C=O) groups is 2. The fourth-order valence-corrected chi connectivity index (χ4v) is 3.77. The molecular formula is C17H16N6O4. The van der Waals surface area contributed by atoms with Gasteiger partial charge in [-0.1, -0.05) is 0 Å². The lowest BCUT2D eigenvalue weighted by Crippen LogP contribution is -2.64. The summed E-state index contributed by atoms with van der Waals surface area (Å²) in [7, 11) is 1.57. The summed E-state index contributed by atoms with van der Waals surface area (Å²) in [5.74, 6) is -0.437. The van der Waals surface area contributed by atoms with Crippen molar-refractivity contribution >= 4 is 34.4 Å². The molecule has 2 aliphatic rings. The van der Waals surface area contributed by atoms with Gasteiger partial charge < -0.3 is 24.8 Å². The first kappa shape index (κ1) is 16.8. The number of carbonyl (C=O) groups excluding carboxylic acids is 1. The standard InChI is InChI=1S/C17H16N6O4/c1-8-6-23-11(7-22(8)17(26)27)15(24)20-13-14(23)12-10(21(2)16(13)25)4-3-9(5-18)19-12/h3-4,8,11H,6-7H2,1-2H3,(H,20,24)(H,26,27)/t8-,11-/m1/s1. The molecule has 10 nitrogen and oxygen atoms in total. The molecule has 2 amide bonds. The van der Waals surface area contributed by atoms with Crippen molar-refractivity contribution < 1.29 is 14.7 Å². The van der Waals surface area contributed by atoms with Gasteiger partial charge >= 0.3 is 6.09 Å². The molecule has 2 aliphatic heterocycles. The maximum Gasteiger partial charge on any atom is 0.407 e. The highest BCUT2D eigenvalue weighted by molar-refractivity contribution is 6.09. The third-order valence-corrected chi connectivity index (χ3v) is 5.15. The van der Waals surface area contributed by atoms with Gasteiger partial charge in [0.1, 0.15) is 29.0 Å². The molecule has 0 aliphatic carbocycles. The third kappa shape index (κ3) is 2.32. The van der Waals surface area contributed by atoms with Crippen LogP contribution in [0.3, 0.4) is 0 Å². The Kier molecular flexibility index (Phi) is 3.56. The number of nitrogens with one attached hydrogen (secondary N) is 1. The minimum absolute atomic E-state index is 0.0174. The van der Waals surface area contributed by atoms with Gasteiger partial charge in [0.15, 0.2) is 0 Å². The number of anilines is 2. The van der Waals surface area contributed by atoms with Crippen LogP contribution < -0.4 is 15.8 Å². The number of nitriles is 1. The van der Waals surface area contributed by atoms with Crippen LogP contribution in [0.2, 0.25) is 0 Å². The van der Waals surface area contributed by atoms with Crippen molar-refractivity contribution in [3.8, 4) is 6.07 Å². The average molecular weight is 368 g/mol. The maximum atomic E-state index is 12.8. The molecule has 0 unspecified atom stereocenters. The van der Waals surface area contributed by atoms with Crippen LogP contribution in [0.5, 0.6) is 0 Å². The molecule has 0 bridgehead atoms. The fraction of sp³-hybridized carbons (Fsp3) is 0.353. The zero-order chi connectivity index (χ0) is 19.5. The fourth-order valence-electron chi connectivity index (χ4n) is 3.77. The lowest BCUT2D eigenvalue weighted by Gasteiger charge is -2.47. The smallest absolute Gasteiger partial charge is 0.407 e. The summed E-state index contributed by atoms with van der Waals surface area (Å²) in [5.41, 5.74) is 1.29. The second-order valence-electron chi connectivity index (χ2n) is 6.71. The maximum absolute atomic E-state index is 12.8. The number of pyridine rings is 2. The Bertz CT molecular complexity index is 1100. The van der Waals surface area contributed by atoms with E-state index in [9.17, 15) is 24.8 Å². The van der Waals surface area contributed by atoms with E-state index in [2.05, 4.69) is 10.3 Å².